The summed E-state index contributed by atoms with van der Waals surface area (Å²) in [5.74, 6) is -0.897. The number of imidazole rings is 1. The van der Waals surface area contributed by atoms with E-state index in [2.05, 4.69) is 11.6 Å². The van der Waals surface area contributed by atoms with Gasteiger partial charge in [0, 0.05) is 24.0 Å². The maximum absolute atomic E-state index is 12.3. The molecular formula is C19H19Cl3N4O4. The lowest BCUT2D eigenvalue weighted by atomic mass is 10.3. The smallest absolute Gasteiger partial charge is 0.345 e. The Morgan fingerprint density at radius 3 is 2.37 bits per heavy atom. The summed E-state index contributed by atoms with van der Waals surface area (Å²) in [5.41, 5.74) is -0.431. The molecule has 160 valence electrons. The van der Waals surface area contributed by atoms with E-state index in [0.717, 1.165) is 6.42 Å². The molecule has 1 aromatic carbocycles. The zero-order valence-electron chi connectivity index (χ0n) is 16.0. The fraction of sp³-hybridized carbons (Fsp3) is 0.263. The molecule has 0 unspecified atom stereocenters. The third-order valence-corrected chi connectivity index (χ3v) is 4.23. The summed E-state index contributed by atoms with van der Waals surface area (Å²) in [6.07, 6.45) is 5.48. The van der Waals surface area contributed by atoms with Crippen LogP contribution in [0.2, 0.25) is 15.1 Å². The fourth-order valence-electron chi connectivity index (χ4n) is 2.08. The van der Waals surface area contributed by atoms with E-state index in [9.17, 15) is 9.59 Å². The van der Waals surface area contributed by atoms with Crippen LogP contribution in [-0.4, -0.2) is 51.3 Å². The van der Waals surface area contributed by atoms with Crippen LogP contribution in [0.1, 0.15) is 13.3 Å². The van der Waals surface area contributed by atoms with Crippen LogP contribution >= 0.6 is 34.8 Å². The molecule has 1 heterocycles. The van der Waals surface area contributed by atoms with E-state index in [1.165, 1.54) is 17.0 Å². The van der Waals surface area contributed by atoms with Crippen LogP contribution in [0, 0.1) is 11.3 Å². The van der Waals surface area contributed by atoms with Gasteiger partial charge < -0.3 is 14.7 Å². The fourth-order valence-corrected chi connectivity index (χ4v) is 3.01. The summed E-state index contributed by atoms with van der Waals surface area (Å²) in [6.45, 7) is 6.20. The van der Waals surface area contributed by atoms with E-state index in [1.807, 2.05) is 6.92 Å². The molecule has 0 saturated carbocycles. The lowest BCUT2D eigenvalue weighted by Gasteiger charge is -2.22. The molecule has 11 heteroatoms. The largest absolute Gasteiger partial charge is 0.489 e. The molecular weight excluding hydrogens is 455 g/mol. The van der Waals surface area contributed by atoms with Crippen molar-refractivity contribution in [2.24, 2.45) is 0 Å². The van der Waals surface area contributed by atoms with Gasteiger partial charge in [-0.25, -0.2) is 14.6 Å². The Labute approximate surface area is 188 Å². The van der Waals surface area contributed by atoms with E-state index in [0.29, 0.717) is 33.9 Å². The highest BCUT2D eigenvalue weighted by molar-refractivity contribution is 6.40. The lowest BCUT2D eigenvalue weighted by molar-refractivity contribution is -0.132. The zero-order chi connectivity index (χ0) is 22.7. The van der Waals surface area contributed by atoms with Crippen molar-refractivity contribution in [3.05, 3.63) is 58.1 Å². The van der Waals surface area contributed by atoms with E-state index < -0.39 is 11.5 Å². The number of nitrogens with zero attached hydrogens (tertiary/aromatic N) is 4. The number of aromatic nitrogens is 2. The van der Waals surface area contributed by atoms with Crippen molar-refractivity contribution >= 4 is 46.8 Å². The monoisotopic (exact) mass is 472 g/mol. The standard InChI is InChI=1S/C15H16Cl3N3O2.C4H3NO2/c1-2-4-20(15(22)21-5-3-19-10-21)6-7-23-14-12(17)8-11(16)9-13(14)18;1-3(2-5)4(6)7/h3,5,8-10H,2,4,6-7H2,1H3;1H2,(H,6,7). The number of halogens is 3. The first-order valence-corrected chi connectivity index (χ1v) is 9.71. The van der Waals surface area contributed by atoms with Crippen LogP contribution in [0.5, 0.6) is 5.75 Å². The van der Waals surface area contributed by atoms with E-state index in [4.69, 9.17) is 49.9 Å². The minimum absolute atomic E-state index is 0.152. The molecule has 0 saturated heterocycles. The van der Waals surface area contributed by atoms with Gasteiger partial charge in [0.05, 0.1) is 16.6 Å². The first kappa shape index (κ1) is 25.3. The van der Waals surface area contributed by atoms with E-state index in [-0.39, 0.29) is 12.6 Å². The van der Waals surface area contributed by atoms with Gasteiger partial charge in [-0.15, -0.1) is 0 Å². The van der Waals surface area contributed by atoms with Gasteiger partial charge in [0.15, 0.2) is 5.75 Å². The van der Waals surface area contributed by atoms with Gasteiger partial charge in [0.1, 0.15) is 24.6 Å². The molecule has 0 atom stereocenters. The van der Waals surface area contributed by atoms with Gasteiger partial charge in [0.2, 0.25) is 0 Å². The van der Waals surface area contributed by atoms with Crippen molar-refractivity contribution in [3.8, 4) is 11.8 Å². The Bertz CT molecular complexity index is 903. The Hall–Kier alpha value is -2.73. The number of aliphatic carboxylic acids is 1. The minimum Gasteiger partial charge on any atom is -0.489 e. The number of rotatable bonds is 7. The van der Waals surface area contributed by atoms with Crippen molar-refractivity contribution in [3.63, 3.8) is 0 Å². The summed E-state index contributed by atoms with van der Waals surface area (Å²) >= 11 is 18.0. The highest BCUT2D eigenvalue weighted by atomic mass is 35.5. The summed E-state index contributed by atoms with van der Waals surface area (Å²) in [6, 6.07) is 4.34. The maximum atomic E-state index is 12.3. The number of carboxylic acids is 1. The summed E-state index contributed by atoms with van der Waals surface area (Å²) < 4.78 is 7.05. The van der Waals surface area contributed by atoms with Crippen LogP contribution in [-0.2, 0) is 4.79 Å². The summed E-state index contributed by atoms with van der Waals surface area (Å²) in [5, 5.41) is 16.8. The second kappa shape index (κ2) is 12.8. The molecule has 0 bridgehead atoms. The predicted octanol–water partition coefficient (Wildman–Crippen LogP) is 4.75. The predicted molar refractivity (Wildman–Crippen MR) is 114 cm³/mol. The quantitative estimate of drug-likeness (QED) is 0.459. The Morgan fingerprint density at radius 1 is 1.30 bits per heavy atom. The van der Waals surface area contributed by atoms with Crippen LogP contribution in [0.3, 0.4) is 0 Å². The third-order valence-electron chi connectivity index (χ3n) is 3.45. The van der Waals surface area contributed by atoms with Gasteiger partial charge in [-0.2, -0.15) is 5.26 Å². The number of benzene rings is 1. The topological polar surface area (TPSA) is 108 Å². The second-order valence-corrected chi connectivity index (χ2v) is 6.93. The molecule has 0 aliphatic rings. The Morgan fingerprint density at radius 2 is 1.93 bits per heavy atom. The average Bonchev–Trinajstić information content (AvgIpc) is 3.23. The van der Waals surface area contributed by atoms with Gasteiger partial charge in [-0.1, -0.05) is 48.3 Å². The third kappa shape index (κ3) is 7.95. The van der Waals surface area contributed by atoms with Crippen LogP contribution < -0.4 is 4.74 Å². The van der Waals surface area contributed by atoms with Gasteiger partial charge >= 0.3 is 12.0 Å². The number of nitriles is 1. The first-order valence-electron chi connectivity index (χ1n) is 8.58. The Kier molecular flexibility index (Phi) is 10.8. The first-order chi connectivity index (χ1) is 14.2. The normalized spacial score (nSPS) is 9.70. The zero-order valence-corrected chi connectivity index (χ0v) is 18.3. The van der Waals surface area contributed by atoms with Crippen molar-refractivity contribution in [2.45, 2.75) is 13.3 Å². The molecule has 0 aliphatic carbocycles. The highest BCUT2D eigenvalue weighted by Gasteiger charge is 2.15. The number of hydrogen-bond donors (Lipinski definition) is 1. The number of ether oxygens (including phenoxy) is 1. The maximum Gasteiger partial charge on any atom is 0.345 e. The van der Waals surface area contributed by atoms with Crippen molar-refractivity contribution in [2.75, 3.05) is 19.7 Å². The SMILES string of the molecule is C=C(C#N)C(=O)O.CCCN(CCOc1c(Cl)cc(Cl)cc1Cl)C(=O)n1ccnc1. The van der Waals surface area contributed by atoms with Crippen LogP contribution in [0.15, 0.2) is 43.0 Å². The van der Waals surface area contributed by atoms with Gasteiger partial charge in [0.25, 0.3) is 0 Å². The molecule has 2 rings (SSSR count). The van der Waals surface area contributed by atoms with Crippen molar-refractivity contribution in [1.82, 2.24) is 14.5 Å². The van der Waals surface area contributed by atoms with Crippen LogP contribution in [0.4, 0.5) is 4.79 Å². The molecule has 1 aromatic heterocycles. The number of amides is 1. The lowest BCUT2D eigenvalue weighted by Crippen LogP contribution is -2.37. The van der Waals surface area contributed by atoms with Crippen LogP contribution in [0.25, 0.3) is 0 Å². The minimum atomic E-state index is -1.26. The number of carbonyl (C=O) groups is 2. The average molecular weight is 474 g/mol. The second-order valence-electron chi connectivity index (χ2n) is 5.68. The van der Waals surface area contributed by atoms with Gasteiger partial charge in [-0.05, 0) is 18.6 Å². The van der Waals surface area contributed by atoms with Gasteiger partial charge in [-0.3, -0.25) is 4.57 Å². The molecule has 8 nitrogen and oxygen atoms in total. The highest BCUT2D eigenvalue weighted by Crippen LogP contribution is 2.35. The molecule has 1 amide bonds. The number of carbonyl (C=O) groups excluding carboxylic acids is 1. The molecule has 0 aliphatic heterocycles. The van der Waals surface area contributed by atoms with E-state index in [1.54, 1.807) is 29.4 Å². The Balaban J connectivity index is 0.000000553. The molecule has 0 spiro atoms. The van der Waals surface area contributed by atoms with Crippen molar-refractivity contribution < 1.29 is 19.4 Å². The molecule has 1 N–H and O–H groups in total. The molecule has 30 heavy (non-hydrogen) atoms. The number of carboxylic acid groups (broad SMARTS) is 1. The van der Waals surface area contributed by atoms with Crippen molar-refractivity contribution in [1.29, 1.82) is 5.26 Å². The summed E-state index contributed by atoms with van der Waals surface area (Å²) in [4.78, 5) is 27.5. The van der Waals surface area contributed by atoms with E-state index >= 15 is 0 Å². The summed E-state index contributed by atoms with van der Waals surface area (Å²) in [7, 11) is 0. The molecule has 2 aromatic rings. The molecule has 0 radical (unpaired) electrons. The number of hydrogen-bond acceptors (Lipinski definition) is 5. The molecule has 0 fully saturated rings.